The van der Waals surface area contributed by atoms with E-state index >= 15 is 0 Å². The van der Waals surface area contributed by atoms with E-state index in [2.05, 4.69) is 36.6 Å². The van der Waals surface area contributed by atoms with Crippen molar-refractivity contribution in [1.29, 1.82) is 0 Å². The first-order chi connectivity index (χ1) is 13.5. The summed E-state index contributed by atoms with van der Waals surface area (Å²) in [7, 11) is 0. The molecule has 0 spiro atoms. The molecule has 0 saturated carbocycles. The Morgan fingerprint density at radius 1 is 1.07 bits per heavy atom. The zero-order valence-corrected chi connectivity index (χ0v) is 17.2. The van der Waals surface area contributed by atoms with Crippen LogP contribution in [0.15, 0.2) is 54.6 Å². The van der Waals surface area contributed by atoms with Crippen LogP contribution in [0.2, 0.25) is 0 Å². The van der Waals surface area contributed by atoms with Crippen LogP contribution in [0.1, 0.15) is 56.7 Å². The van der Waals surface area contributed by atoms with Crippen LogP contribution in [0.4, 0.5) is 0 Å². The minimum atomic E-state index is -0.182. The van der Waals surface area contributed by atoms with Crippen LogP contribution < -0.4 is 15.4 Å². The molecule has 4 heteroatoms. The minimum absolute atomic E-state index is 0.0414. The molecule has 0 bridgehead atoms. The lowest BCUT2D eigenvalue weighted by atomic mass is 9.95. The van der Waals surface area contributed by atoms with E-state index in [0.29, 0.717) is 12.5 Å². The smallest absolute Gasteiger partial charge is 0.227 e. The molecule has 2 aromatic carbocycles. The first-order valence-electron chi connectivity index (χ1n) is 10.4. The molecular formula is C24H32N2O2. The summed E-state index contributed by atoms with van der Waals surface area (Å²) in [5.74, 6) is 1.25. The maximum Gasteiger partial charge on any atom is 0.227 e. The maximum atomic E-state index is 13.0. The first-order valence-corrected chi connectivity index (χ1v) is 10.4. The van der Waals surface area contributed by atoms with Crippen molar-refractivity contribution in [3.63, 3.8) is 0 Å². The Morgan fingerprint density at radius 3 is 2.39 bits per heavy atom. The third-order valence-corrected chi connectivity index (χ3v) is 5.31. The molecule has 3 rings (SSSR count). The number of rotatable bonds is 8. The highest BCUT2D eigenvalue weighted by Crippen LogP contribution is 2.27. The fraction of sp³-hybridized carbons (Fsp3) is 0.458. The summed E-state index contributed by atoms with van der Waals surface area (Å²) in [6, 6.07) is 18.3. The summed E-state index contributed by atoms with van der Waals surface area (Å²) >= 11 is 0. The lowest BCUT2D eigenvalue weighted by Crippen LogP contribution is -2.42. The van der Waals surface area contributed by atoms with Gasteiger partial charge in [-0.05, 0) is 55.5 Å². The van der Waals surface area contributed by atoms with Gasteiger partial charge in [-0.1, -0.05) is 56.3 Å². The number of carbonyl (C=O) groups excluding carboxylic acids is 1. The third kappa shape index (κ3) is 5.35. The van der Waals surface area contributed by atoms with Crippen LogP contribution in [0.3, 0.4) is 0 Å². The van der Waals surface area contributed by atoms with Crippen LogP contribution in [0, 0.1) is 5.92 Å². The van der Waals surface area contributed by atoms with E-state index in [-0.39, 0.29) is 23.9 Å². The summed E-state index contributed by atoms with van der Waals surface area (Å²) in [6.45, 7) is 7.95. The summed E-state index contributed by atoms with van der Waals surface area (Å²) in [6.07, 6.45) is 2.21. The van der Waals surface area contributed by atoms with Gasteiger partial charge in [0.05, 0.1) is 18.6 Å². The Bertz CT molecular complexity index is 737. The molecule has 1 fully saturated rings. The highest BCUT2D eigenvalue weighted by Gasteiger charge is 2.29. The molecule has 1 saturated heterocycles. The number of hydrogen-bond acceptors (Lipinski definition) is 3. The van der Waals surface area contributed by atoms with Crippen molar-refractivity contribution in [2.75, 3.05) is 13.2 Å². The van der Waals surface area contributed by atoms with E-state index < -0.39 is 0 Å². The van der Waals surface area contributed by atoms with E-state index in [4.69, 9.17) is 4.74 Å². The van der Waals surface area contributed by atoms with Gasteiger partial charge in [-0.15, -0.1) is 0 Å². The monoisotopic (exact) mass is 380 g/mol. The zero-order valence-electron chi connectivity index (χ0n) is 17.2. The second kappa shape index (κ2) is 9.74. The topological polar surface area (TPSA) is 50.4 Å². The molecule has 1 aliphatic rings. The molecule has 1 aliphatic heterocycles. The number of hydrogen-bond donors (Lipinski definition) is 2. The molecule has 150 valence electrons. The van der Waals surface area contributed by atoms with Crippen molar-refractivity contribution in [3.05, 3.63) is 65.7 Å². The van der Waals surface area contributed by atoms with Gasteiger partial charge in [0.1, 0.15) is 5.75 Å². The van der Waals surface area contributed by atoms with Crippen molar-refractivity contribution in [2.24, 2.45) is 5.92 Å². The van der Waals surface area contributed by atoms with Crippen LogP contribution >= 0.6 is 0 Å². The van der Waals surface area contributed by atoms with Crippen molar-refractivity contribution in [2.45, 2.75) is 51.6 Å². The number of benzene rings is 2. The van der Waals surface area contributed by atoms with E-state index in [0.717, 1.165) is 36.3 Å². The molecule has 2 unspecified atom stereocenters. The molecule has 0 aliphatic carbocycles. The largest absolute Gasteiger partial charge is 0.493 e. The molecule has 3 atom stereocenters. The first kappa shape index (κ1) is 20.4. The van der Waals surface area contributed by atoms with Gasteiger partial charge in [-0.25, -0.2) is 0 Å². The fourth-order valence-electron chi connectivity index (χ4n) is 3.62. The zero-order chi connectivity index (χ0) is 19.9. The average molecular weight is 381 g/mol. The highest BCUT2D eigenvalue weighted by atomic mass is 16.5. The predicted molar refractivity (Wildman–Crippen MR) is 114 cm³/mol. The molecule has 2 N–H and O–H groups in total. The normalized spacial score (nSPS) is 18.6. The second-order valence-corrected chi connectivity index (χ2v) is 8.10. The Balaban J connectivity index is 1.73. The van der Waals surface area contributed by atoms with E-state index in [1.165, 1.54) is 0 Å². The van der Waals surface area contributed by atoms with Gasteiger partial charge < -0.3 is 15.4 Å². The van der Waals surface area contributed by atoms with E-state index in [1.807, 2.05) is 49.4 Å². The van der Waals surface area contributed by atoms with Crippen molar-refractivity contribution in [1.82, 2.24) is 10.6 Å². The lowest BCUT2D eigenvalue weighted by molar-refractivity contribution is -0.123. The minimum Gasteiger partial charge on any atom is -0.493 e. The SMILES string of the molecule is CC(C)COc1ccc([C@@H](NC(=O)C(C)c2ccccc2)C2CCCN2)cc1. The maximum absolute atomic E-state index is 13.0. The van der Waals surface area contributed by atoms with Crippen LogP contribution in [-0.2, 0) is 4.79 Å². The number of carbonyl (C=O) groups is 1. The summed E-state index contributed by atoms with van der Waals surface area (Å²) in [5.41, 5.74) is 2.15. The molecular weight excluding hydrogens is 348 g/mol. The molecule has 2 aromatic rings. The van der Waals surface area contributed by atoms with Gasteiger partial charge in [0.2, 0.25) is 5.91 Å². The summed E-state index contributed by atoms with van der Waals surface area (Å²) in [5, 5.41) is 6.85. The molecule has 1 heterocycles. The Labute approximate surface area is 168 Å². The number of amides is 1. The van der Waals surface area contributed by atoms with E-state index in [9.17, 15) is 4.79 Å². The van der Waals surface area contributed by atoms with Crippen molar-refractivity contribution < 1.29 is 9.53 Å². The van der Waals surface area contributed by atoms with Crippen molar-refractivity contribution >= 4 is 5.91 Å². The molecule has 0 aromatic heterocycles. The van der Waals surface area contributed by atoms with Gasteiger partial charge in [-0.2, -0.15) is 0 Å². The van der Waals surface area contributed by atoms with Crippen LogP contribution in [-0.4, -0.2) is 25.1 Å². The van der Waals surface area contributed by atoms with Crippen molar-refractivity contribution in [3.8, 4) is 5.75 Å². The Hall–Kier alpha value is -2.33. The third-order valence-electron chi connectivity index (χ3n) is 5.31. The lowest BCUT2D eigenvalue weighted by Gasteiger charge is -2.27. The quantitative estimate of drug-likeness (QED) is 0.712. The molecule has 28 heavy (non-hydrogen) atoms. The van der Waals surface area contributed by atoms with E-state index in [1.54, 1.807) is 0 Å². The van der Waals surface area contributed by atoms with Gasteiger partial charge in [0, 0.05) is 6.04 Å². The highest BCUT2D eigenvalue weighted by molar-refractivity contribution is 5.83. The van der Waals surface area contributed by atoms with Gasteiger partial charge in [0.15, 0.2) is 0 Å². The summed E-state index contributed by atoms with van der Waals surface area (Å²) < 4.78 is 5.80. The van der Waals surface area contributed by atoms with Gasteiger partial charge >= 0.3 is 0 Å². The fourth-order valence-corrected chi connectivity index (χ4v) is 3.62. The second-order valence-electron chi connectivity index (χ2n) is 8.10. The molecule has 0 radical (unpaired) electrons. The van der Waals surface area contributed by atoms with Gasteiger partial charge in [-0.3, -0.25) is 4.79 Å². The molecule has 4 nitrogen and oxygen atoms in total. The number of nitrogens with one attached hydrogen (secondary N) is 2. The Morgan fingerprint density at radius 2 is 1.79 bits per heavy atom. The molecule has 1 amide bonds. The number of ether oxygens (including phenoxy) is 1. The van der Waals surface area contributed by atoms with Gasteiger partial charge in [0.25, 0.3) is 0 Å². The standard InChI is InChI=1S/C24H32N2O2/c1-17(2)16-28-21-13-11-20(12-14-21)23(22-10-7-15-25-22)26-24(27)18(3)19-8-5-4-6-9-19/h4-6,8-9,11-14,17-18,22-23,25H,7,10,15-16H2,1-3H3,(H,26,27)/t18?,22?,23-/m1/s1. The van der Waals surface area contributed by atoms with Crippen LogP contribution in [0.25, 0.3) is 0 Å². The predicted octanol–water partition coefficient (Wildman–Crippen LogP) is 4.43. The average Bonchev–Trinajstić information content (AvgIpc) is 3.25. The Kier molecular flexibility index (Phi) is 7.10. The summed E-state index contributed by atoms with van der Waals surface area (Å²) in [4.78, 5) is 13.0. The van der Waals surface area contributed by atoms with Crippen LogP contribution in [0.5, 0.6) is 5.75 Å².